The minimum absolute atomic E-state index is 0.00460. The second kappa shape index (κ2) is 5.20. The second-order valence-corrected chi connectivity index (χ2v) is 4.67. The van der Waals surface area contributed by atoms with Crippen LogP contribution in [0.5, 0.6) is 0 Å². The largest absolute Gasteiger partial charge is 0.322 e. The molecule has 5 heteroatoms. The van der Waals surface area contributed by atoms with Crippen molar-refractivity contribution in [1.29, 1.82) is 0 Å². The maximum Gasteiger partial charge on any atom is 0.259 e. The average molecular weight is 279 g/mol. The molecule has 2 heterocycles. The first-order valence-corrected chi connectivity index (χ1v) is 6.49. The normalized spacial score (nSPS) is 10.5. The van der Waals surface area contributed by atoms with Crippen molar-refractivity contribution in [3.8, 4) is 0 Å². The summed E-state index contributed by atoms with van der Waals surface area (Å²) in [6.07, 6.45) is 5.27. The smallest absolute Gasteiger partial charge is 0.259 e. The van der Waals surface area contributed by atoms with Crippen LogP contribution in [0.2, 0.25) is 0 Å². The van der Waals surface area contributed by atoms with Gasteiger partial charge in [0.2, 0.25) is 0 Å². The van der Waals surface area contributed by atoms with E-state index in [1.165, 1.54) is 6.92 Å². The van der Waals surface area contributed by atoms with E-state index in [1.54, 1.807) is 53.2 Å². The molecular formula is C16H13N3O2. The van der Waals surface area contributed by atoms with Gasteiger partial charge in [-0.15, -0.1) is 0 Å². The Morgan fingerprint density at radius 2 is 1.86 bits per heavy atom. The Hall–Kier alpha value is -2.95. The lowest BCUT2D eigenvalue weighted by Crippen LogP contribution is -2.13. The van der Waals surface area contributed by atoms with Gasteiger partial charge in [-0.3, -0.25) is 9.59 Å². The fourth-order valence-electron chi connectivity index (χ4n) is 2.11. The van der Waals surface area contributed by atoms with Crippen molar-refractivity contribution in [2.45, 2.75) is 6.92 Å². The van der Waals surface area contributed by atoms with E-state index in [1.807, 2.05) is 6.20 Å². The lowest BCUT2D eigenvalue weighted by Gasteiger charge is -2.07. The summed E-state index contributed by atoms with van der Waals surface area (Å²) in [7, 11) is 0. The van der Waals surface area contributed by atoms with Crippen molar-refractivity contribution < 1.29 is 9.59 Å². The van der Waals surface area contributed by atoms with Crippen LogP contribution in [0.3, 0.4) is 0 Å². The molecule has 3 aromatic rings. The van der Waals surface area contributed by atoms with Gasteiger partial charge in [-0.1, -0.05) is 0 Å². The van der Waals surface area contributed by atoms with E-state index < -0.39 is 0 Å². The number of fused-ring (bicyclic) bond motifs is 1. The number of amides is 1. The van der Waals surface area contributed by atoms with Gasteiger partial charge in [0, 0.05) is 29.8 Å². The van der Waals surface area contributed by atoms with Gasteiger partial charge in [0.1, 0.15) is 5.65 Å². The maximum atomic E-state index is 12.3. The summed E-state index contributed by atoms with van der Waals surface area (Å²) < 4.78 is 1.79. The van der Waals surface area contributed by atoms with Crippen LogP contribution in [0.1, 0.15) is 27.6 Å². The number of imidazole rings is 1. The highest BCUT2D eigenvalue weighted by Crippen LogP contribution is 2.14. The van der Waals surface area contributed by atoms with Gasteiger partial charge in [-0.05, 0) is 43.3 Å². The lowest BCUT2D eigenvalue weighted by molar-refractivity contribution is 0.101. The first-order chi connectivity index (χ1) is 10.1. The minimum atomic E-state index is -0.234. The van der Waals surface area contributed by atoms with Gasteiger partial charge in [0.25, 0.3) is 5.91 Å². The predicted octanol–water partition coefficient (Wildman–Crippen LogP) is 2.79. The van der Waals surface area contributed by atoms with Crippen LogP contribution in [0.25, 0.3) is 5.65 Å². The highest BCUT2D eigenvalue weighted by Gasteiger charge is 2.11. The molecule has 1 N–H and O–H groups in total. The summed E-state index contributed by atoms with van der Waals surface area (Å²) in [5.41, 5.74) is 2.36. The third-order valence-electron chi connectivity index (χ3n) is 3.21. The maximum absolute atomic E-state index is 12.3. The lowest BCUT2D eigenvalue weighted by atomic mass is 10.1. The quantitative estimate of drug-likeness (QED) is 0.750. The Kier molecular flexibility index (Phi) is 3.23. The van der Waals surface area contributed by atoms with Gasteiger partial charge in [0.05, 0.1) is 5.56 Å². The molecule has 0 spiro atoms. The van der Waals surface area contributed by atoms with Gasteiger partial charge in [-0.2, -0.15) is 0 Å². The molecule has 1 aromatic carbocycles. The third kappa shape index (κ3) is 2.53. The Balaban J connectivity index is 1.86. The van der Waals surface area contributed by atoms with E-state index in [4.69, 9.17) is 0 Å². The van der Waals surface area contributed by atoms with Crippen molar-refractivity contribution in [1.82, 2.24) is 9.38 Å². The monoisotopic (exact) mass is 279 g/mol. The molecule has 0 atom stereocenters. The van der Waals surface area contributed by atoms with Crippen LogP contribution in [0.4, 0.5) is 5.69 Å². The van der Waals surface area contributed by atoms with Crippen LogP contribution in [0.15, 0.2) is 55.0 Å². The SMILES string of the molecule is CC(=O)c1ccc(NC(=O)c2cccn3ccnc23)cc1. The zero-order valence-electron chi connectivity index (χ0n) is 11.4. The number of aromatic nitrogens is 2. The molecule has 21 heavy (non-hydrogen) atoms. The number of nitrogens with zero attached hydrogens (tertiary/aromatic N) is 2. The molecule has 2 aromatic heterocycles. The van der Waals surface area contributed by atoms with E-state index in [0.29, 0.717) is 22.5 Å². The molecular weight excluding hydrogens is 266 g/mol. The van der Waals surface area contributed by atoms with Crippen LogP contribution >= 0.6 is 0 Å². The number of anilines is 1. The summed E-state index contributed by atoms with van der Waals surface area (Å²) >= 11 is 0. The number of hydrogen-bond acceptors (Lipinski definition) is 3. The predicted molar refractivity (Wildman–Crippen MR) is 79.6 cm³/mol. The Morgan fingerprint density at radius 1 is 1.10 bits per heavy atom. The molecule has 0 saturated carbocycles. The fourth-order valence-corrected chi connectivity index (χ4v) is 2.11. The third-order valence-corrected chi connectivity index (χ3v) is 3.21. The number of nitrogens with one attached hydrogen (secondary N) is 1. The van der Waals surface area contributed by atoms with E-state index in [0.717, 1.165) is 0 Å². The van der Waals surface area contributed by atoms with E-state index in [2.05, 4.69) is 10.3 Å². The summed E-state index contributed by atoms with van der Waals surface area (Å²) in [6, 6.07) is 10.3. The van der Waals surface area contributed by atoms with Gasteiger partial charge in [0.15, 0.2) is 5.78 Å². The molecule has 0 unspecified atom stereocenters. The summed E-state index contributed by atoms with van der Waals surface area (Å²) in [5.74, 6) is -0.239. The molecule has 0 fully saturated rings. The highest BCUT2D eigenvalue weighted by molar-refractivity contribution is 6.08. The zero-order valence-corrected chi connectivity index (χ0v) is 11.4. The molecule has 0 aliphatic carbocycles. The van der Waals surface area contributed by atoms with Crippen molar-refractivity contribution in [3.05, 3.63) is 66.1 Å². The van der Waals surface area contributed by atoms with Gasteiger partial charge < -0.3 is 9.72 Å². The van der Waals surface area contributed by atoms with Crippen molar-refractivity contribution in [3.63, 3.8) is 0 Å². The van der Waals surface area contributed by atoms with Crippen molar-refractivity contribution in [2.24, 2.45) is 0 Å². The van der Waals surface area contributed by atoms with Crippen LogP contribution in [-0.2, 0) is 0 Å². The molecule has 0 bridgehead atoms. The Bertz CT molecular complexity index is 819. The zero-order chi connectivity index (χ0) is 14.8. The second-order valence-electron chi connectivity index (χ2n) is 4.67. The number of carbonyl (C=O) groups is 2. The number of carbonyl (C=O) groups excluding carboxylic acids is 2. The summed E-state index contributed by atoms with van der Waals surface area (Å²) in [4.78, 5) is 27.7. The van der Waals surface area contributed by atoms with Crippen LogP contribution in [-0.4, -0.2) is 21.1 Å². The first-order valence-electron chi connectivity index (χ1n) is 6.49. The number of Topliss-reactive ketones (excluding diaryl/α,β-unsaturated/α-hetero) is 1. The number of hydrogen-bond donors (Lipinski definition) is 1. The molecule has 5 nitrogen and oxygen atoms in total. The topological polar surface area (TPSA) is 63.5 Å². The van der Waals surface area contributed by atoms with Gasteiger partial charge in [-0.25, -0.2) is 4.98 Å². The molecule has 0 saturated heterocycles. The van der Waals surface area contributed by atoms with E-state index in [-0.39, 0.29) is 11.7 Å². The summed E-state index contributed by atoms with van der Waals surface area (Å²) in [6.45, 7) is 1.51. The first kappa shape index (κ1) is 13.1. The minimum Gasteiger partial charge on any atom is -0.322 e. The van der Waals surface area contributed by atoms with E-state index >= 15 is 0 Å². The van der Waals surface area contributed by atoms with Gasteiger partial charge >= 0.3 is 0 Å². The molecule has 3 rings (SSSR count). The number of rotatable bonds is 3. The van der Waals surface area contributed by atoms with Crippen LogP contribution in [0, 0.1) is 0 Å². The number of ketones is 1. The fraction of sp³-hybridized carbons (Fsp3) is 0.0625. The molecule has 1 amide bonds. The molecule has 0 aliphatic heterocycles. The molecule has 104 valence electrons. The number of pyridine rings is 1. The standard InChI is InChI=1S/C16H13N3O2/c1-11(20)12-4-6-13(7-5-12)18-16(21)14-3-2-9-19-10-8-17-15(14)19/h2-10H,1H3,(H,18,21). The molecule has 0 aliphatic rings. The number of benzene rings is 1. The van der Waals surface area contributed by atoms with Crippen LogP contribution < -0.4 is 5.32 Å². The highest BCUT2D eigenvalue weighted by atomic mass is 16.1. The van der Waals surface area contributed by atoms with E-state index in [9.17, 15) is 9.59 Å². The van der Waals surface area contributed by atoms with Crippen molar-refractivity contribution in [2.75, 3.05) is 5.32 Å². The summed E-state index contributed by atoms with van der Waals surface area (Å²) in [5, 5.41) is 2.80. The Labute approximate surface area is 121 Å². The molecule has 0 radical (unpaired) electrons. The van der Waals surface area contributed by atoms with Crippen molar-refractivity contribution >= 4 is 23.0 Å². The average Bonchev–Trinajstić information content (AvgIpc) is 2.96. The Morgan fingerprint density at radius 3 is 2.57 bits per heavy atom.